The highest BCUT2D eigenvalue weighted by atomic mass is 19.4. The van der Waals surface area contributed by atoms with E-state index in [9.17, 15) is 17.6 Å². The third-order valence-electron chi connectivity index (χ3n) is 4.21. The molecule has 4 nitrogen and oxygen atoms in total. The van der Waals surface area contributed by atoms with Crippen LogP contribution in [-0.4, -0.2) is 9.97 Å². The average molecular weight is 404 g/mol. The van der Waals surface area contributed by atoms with Gasteiger partial charge in [-0.25, -0.2) is 9.37 Å². The second-order valence-electron chi connectivity index (χ2n) is 7.54. The molecule has 0 bridgehead atoms. The molecule has 8 heteroatoms. The molecule has 0 atom stereocenters. The summed E-state index contributed by atoms with van der Waals surface area (Å²) in [5.41, 5.74) is 1.00. The van der Waals surface area contributed by atoms with E-state index in [2.05, 4.69) is 41.4 Å². The average Bonchev–Trinajstić information content (AvgIpc) is 2.62. The number of rotatable bonds is 4. The zero-order valence-electron chi connectivity index (χ0n) is 16.1. The summed E-state index contributed by atoms with van der Waals surface area (Å²) in [5, 5.41) is 5.49. The molecule has 29 heavy (non-hydrogen) atoms. The van der Waals surface area contributed by atoms with E-state index in [1.807, 2.05) is 24.3 Å². The predicted octanol–water partition coefficient (Wildman–Crippen LogP) is 6.42. The first-order valence-corrected chi connectivity index (χ1v) is 8.87. The maximum atomic E-state index is 13.3. The lowest BCUT2D eigenvalue weighted by Crippen LogP contribution is -2.13. The van der Waals surface area contributed by atoms with Crippen molar-refractivity contribution in [1.29, 1.82) is 0 Å². The van der Waals surface area contributed by atoms with Crippen LogP contribution in [0.3, 0.4) is 0 Å². The molecule has 1 aromatic heterocycles. The summed E-state index contributed by atoms with van der Waals surface area (Å²) < 4.78 is 53.0. The van der Waals surface area contributed by atoms with Crippen molar-refractivity contribution in [2.45, 2.75) is 32.4 Å². The van der Waals surface area contributed by atoms with Crippen LogP contribution in [0.1, 0.15) is 31.9 Å². The van der Waals surface area contributed by atoms with Gasteiger partial charge in [0, 0.05) is 17.6 Å². The number of nitrogens with zero attached hydrogens (tertiary/aromatic N) is 2. The summed E-state index contributed by atoms with van der Waals surface area (Å²) in [6.45, 7) is 6.26. The van der Waals surface area contributed by atoms with Crippen LogP contribution in [-0.2, 0) is 11.6 Å². The fraction of sp³-hybridized carbons (Fsp3) is 0.238. The normalized spacial score (nSPS) is 12.0. The summed E-state index contributed by atoms with van der Waals surface area (Å²) in [4.78, 5) is 7.76. The smallest absolute Gasteiger partial charge is 0.340 e. The van der Waals surface area contributed by atoms with Crippen molar-refractivity contribution in [3.8, 4) is 0 Å². The third-order valence-corrected chi connectivity index (χ3v) is 4.21. The lowest BCUT2D eigenvalue weighted by atomic mass is 9.87. The van der Waals surface area contributed by atoms with Crippen LogP contribution in [0.4, 0.5) is 40.7 Å². The number of alkyl halides is 3. The Morgan fingerprint density at radius 2 is 1.34 bits per heavy atom. The van der Waals surface area contributed by atoms with E-state index in [0.717, 1.165) is 17.7 Å². The van der Waals surface area contributed by atoms with Crippen LogP contribution in [0.15, 0.2) is 54.7 Å². The summed E-state index contributed by atoms with van der Waals surface area (Å²) in [5.74, 6) is -0.908. The van der Waals surface area contributed by atoms with Crippen molar-refractivity contribution in [1.82, 2.24) is 9.97 Å². The van der Waals surface area contributed by atoms with Crippen molar-refractivity contribution < 1.29 is 17.6 Å². The number of hydrogen-bond acceptors (Lipinski definition) is 4. The fourth-order valence-corrected chi connectivity index (χ4v) is 2.60. The third kappa shape index (κ3) is 5.22. The molecule has 0 saturated heterocycles. The maximum Gasteiger partial charge on any atom is 0.421 e. The lowest BCUT2D eigenvalue weighted by Gasteiger charge is -2.19. The van der Waals surface area contributed by atoms with E-state index < -0.39 is 23.4 Å². The van der Waals surface area contributed by atoms with Crippen molar-refractivity contribution >= 4 is 23.1 Å². The van der Waals surface area contributed by atoms with Crippen molar-refractivity contribution in [3.63, 3.8) is 0 Å². The van der Waals surface area contributed by atoms with E-state index >= 15 is 0 Å². The minimum Gasteiger partial charge on any atom is -0.340 e. The van der Waals surface area contributed by atoms with E-state index in [-0.39, 0.29) is 17.1 Å². The zero-order chi connectivity index (χ0) is 21.2. The lowest BCUT2D eigenvalue weighted by molar-refractivity contribution is -0.137. The Kier molecular flexibility index (Phi) is 5.46. The summed E-state index contributed by atoms with van der Waals surface area (Å²) in [6.07, 6.45) is -3.93. The Hall–Kier alpha value is -3.16. The van der Waals surface area contributed by atoms with Crippen molar-refractivity contribution in [3.05, 3.63) is 71.7 Å². The van der Waals surface area contributed by atoms with Gasteiger partial charge in [-0.05, 0) is 47.4 Å². The van der Waals surface area contributed by atoms with Gasteiger partial charge in [0.25, 0.3) is 0 Å². The minimum atomic E-state index is -4.64. The van der Waals surface area contributed by atoms with Crippen LogP contribution in [0.5, 0.6) is 0 Å². The monoisotopic (exact) mass is 404 g/mol. The van der Waals surface area contributed by atoms with Crippen LogP contribution in [0.25, 0.3) is 0 Å². The molecule has 1 heterocycles. The van der Waals surface area contributed by atoms with Gasteiger partial charge >= 0.3 is 6.18 Å². The first kappa shape index (κ1) is 20.6. The standard InChI is InChI=1S/C21H20F4N4/c1-20(2,3)13-4-8-16(9-5-13)28-19-26-12-17(21(23,24)25)18(29-19)27-15-10-6-14(22)7-11-15/h4-12H,1-3H3,(H2,26,27,28,29). The Morgan fingerprint density at radius 1 is 0.793 bits per heavy atom. The van der Waals surface area contributed by atoms with E-state index in [4.69, 9.17) is 0 Å². The predicted molar refractivity (Wildman–Crippen MR) is 105 cm³/mol. The van der Waals surface area contributed by atoms with Gasteiger partial charge < -0.3 is 10.6 Å². The summed E-state index contributed by atoms with van der Waals surface area (Å²) in [6, 6.07) is 12.4. The molecular weight excluding hydrogens is 384 g/mol. The van der Waals surface area contributed by atoms with Crippen LogP contribution in [0, 0.1) is 5.82 Å². The molecule has 0 aliphatic carbocycles. The number of halogens is 4. The summed E-state index contributed by atoms with van der Waals surface area (Å²) in [7, 11) is 0. The number of anilines is 4. The Balaban J connectivity index is 1.89. The zero-order valence-corrected chi connectivity index (χ0v) is 16.1. The molecule has 0 spiro atoms. The Bertz CT molecular complexity index is 976. The van der Waals surface area contributed by atoms with Gasteiger partial charge in [-0.2, -0.15) is 18.2 Å². The SMILES string of the molecule is CC(C)(C)c1ccc(Nc2ncc(C(F)(F)F)c(Nc3ccc(F)cc3)n2)cc1. The van der Waals surface area contributed by atoms with Gasteiger partial charge in [-0.1, -0.05) is 32.9 Å². The molecule has 0 aliphatic heterocycles. The van der Waals surface area contributed by atoms with Crippen LogP contribution >= 0.6 is 0 Å². The van der Waals surface area contributed by atoms with Gasteiger partial charge in [0.2, 0.25) is 5.95 Å². The maximum absolute atomic E-state index is 13.3. The fourth-order valence-electron chi connectivity index (χ4n) is 2.60. The molecule has 3 rings (SSSR count). The number of hydrogen-bond donors (Lipinski definition) is 2. The Morgan fingerprint density at radius 3 is 1.90 bits per heavy atom. The summed E-state index contributed by atoms with van der Waals surface area (Å²) >= 11 is 0. The quantitative estimate of drug-likeness (QED) is 0.493. The first-order valence-electron chi connectivity index (χ1n) is 8.87. The minimum absolute atomic E-state index is 0.00567. The molecule has 0 unspecified atom stereocenters. The van der Waals surface area contributed by atoms with Crippen LogP contribution in [0.2, 0.25) is 0 Å². The number of benzene rings is 2. The van der Waals surface area contributed by atoms with Gasteiger partial charge in [0.15, 0.2) is 0 Å². The number of aromatic nitrogens is 2. The largest absolute Gasteiger partial charge is 0.421 e. The van der Waals surface area contributed by atoms with Crippen LogP contribution < -0.4 is 10.6 Å². The van der Waals surface area contributed by atoms with Crippen molar-refractivity contribution in [2.75, 3.05) is 10.6 Å². The molecule has 2 N–H and O–H groups in total. The molecule has 0 radical (unpaired) electrons. The molecule has 152 valence electrons. The molecule has 3 aromatic rings. The van der Waals surface area contributed by atoms with E-state index in [1.165, 1.54) is 12.1 Å². The highest BCUT2D eigenvalue weighted by Gasteiger charge is 2.35. The van der Waals surface area contributed by atoms with Gasteiger partial charge in [0.05, 0.1) is 0 Å². The van der Waals surface area contributed by atoms with Gasteiger partial charge in [-0.3, -0.25) is 0 Å². The molecule has 0 saturated carbocycles. The molecule has 2 aromatic carbocycles. The second-order valence-corrected chi connectivity index (χ2v) is 7.54. The molecule has 0 aliphatic rings. The second kappa shape index (κ2) is 7.69. The topological polar surface area (TPSA) is 49.8 Å². The highest BCUT2D eigenvalue weighted by Crippen LogP contribution is 2.35. The van der Waals surface area contributed by atoms with Crippen molar-refractivity contribution in [2.24, 2.45) is 0 Å². The van der Waals surface area contributed by atoms with Gasteiger partial charge in [-0.15, -0.1) is 0 Å². The Labute approximate surface area is 166 Å². The van der Waals surface area contributed by atoms with Gasteiger partial charge in [0.1, 0.15) is 17.2 Å². The number of nitrogens with one attached hydrogen (secondary N) is 2. The van der Waals surface area contributed by atoms with E-state index in [0.29, 0.717) is 11.9 Å². The first-order chi connectivity index (χ1) is 13.5. The van der Waals surface area contributed by atoms with E-state index in [1.54, 1.807) is 0 Å². The molecule has 0 amide bonds. The molecule has 0 fully saturated rings. The molecular formula is C21H20F4N4. The highest BCUT2D eigenvalue weighted by molar-refractivity contribution is 5.63.